The van der Waals surface area contributed by atoms with Gasteiger partial charge in [0.1, 0.15) is 0 Å². The molecule has 3 nitrogen and oxygen atoms in total. The van der Waals surface area contributed by atoms with Crippen molar-refractivity contribution in [3.8, 4) is 0 Å². The lowest BCUT2D eigenvalue weighted by atomic mass is 10.1. The monoisotopic (exact) mass is 284 g/mol. The number of hydrogen-bond acceptors (Lipinski definition) is 4. The molecule has 0 aliphatic rings. The average molecular weight is 284 g/mol. The molecular weight excluding hydrogens is 272 g/mol. The van der Waals surface area contributed by atoms with E-state index in [4.69, 9.17) is 4.74 Å². The minimum atomic E-state index is -0.359. The van der Waals surface area contributed by atoms with Gasteiger partial charge in [0.25, 0.3) is 0 Å². The summed E-state index contributed by atoms with van der Waals surface area (Å²) >= 11 is 1.51. The highest BCUT2D eigenvalue weighted by Crippen LogP contribution is 2.25. The molecule has 0 spiro atoms. The minimum Gasteiger partial charge on any atom is -0.462 e. The zero-order valence-electron chi connectivity index (χ0n) is 10.9. The normalized spacial score (nSPS) is 10.8. The Morgan fingerprint density at radius 2 is 1.85 bits per heavy atom. The molecule has 4 heteroatoms. The van der Waals surface area contributed by atoms with Gasteiger partial charge in [-0.15, -0.1) is 11.3 Å². The van der Waals surface area contributed by atoms with Gasteiger partial charge in [-0.25, -0.2) is 4.79 Å². The smallest absolute Gasteiger partial charge is 0.338 e. The third-order valence-corrected chi connectivity index (χ3v) is 4.22. The van der Waals surface area contributed by atoms with E-state index in [-0.39, 0.29) is 11.4 Å². The number of fused-ring (bicyclic) bond motifs is 2. The Balaban J connectivity index is 2.27. The largest absolute Gasteiger partial charge is 0.462 e. The molecule has 0 aliphatic carbocycles. The van der Waals surface area contributed by atoms with Crippen molar-refractivity contribution in [3.63, 3.8) is 0 Å². The maximum absolute atomic E-state index is 12.4. The highest BCUT2D eigenvalue weighted by atomic mass is 32.1. The van der Waals surface area contributed by atoms with Gasteiger partial charge in [-0.2, -0.15) is 0 Å². The van der Waals surface area contributed by atoms with E-state index in [0.717, 1.165) is 9.40 Å². The first-order valence-electron chi connectivity index (χ1n) is 6.33. The second kappa shape index (κ2) is 5.06. The summed E-state index contributed by atoms with van der Waals surface area (Å²) in [6.45, 7) is 2.11. The standard InChI is InChI=1S/C16H12O3S/c1-2-19-16(18)10-7-8-12-14(9-10)20-13-6-4-3-5-11(13)15(12)17/h3-9H,2H2,1H3. The van der Waals surface area contributed by atoms with E-state index < -0.39 is 0 Å². The van der Waals surface area contributed by atoms with Crippen LogP contribution in [0.2, 0.25) is 0 Å². The molecule has 0 N–H and O–H groups in total. The van der Waals surface area contributed by atoms with Gasteiger partial charge in [-0.3, -0.25) is 4.79 Å². The van der Waals surface area contributed by atoms with E-state index in [1.54, 1.807) is 25.1 Å². The molecule has 0 fully saturated rings. The number of benzene rings is 2. The number of carbonyl (C=O) groups excluding carboxylic acids is 1. The molecule has 0 aliphatic heterocycles. The van der Waals surface area contributed by atoms with Crippen molar-refractivity contribution in [3.05, 3.63) is 58.3 Å². The summed E-state index contributed by atoms with van der Waals surface area (Å²) in [7, 11) is 0. The van der Waals surface area contributed by atoms with Crippen LogP contribution < -0.4 is 5.43 Å². The molecule has 3 rings (SSSR count). The third kappa shape index (κ3) is 2.08. The SMILES string of the molecule is CCOC(=O)c1ccc2c(=O)c3ccccc3sc2c1. The Morgan fingerprint density at radius 3 is 2.65 bits per heavy atom. The second-order valence-corrected chi connectivity index (χ2v) is 5.44. The van der Waals surface area contributed by atoms with Gasteiger partial charge in [-0.05, 0) is 37.3 Å². The lowest BCUT2D eigenvalue weighted by Crippen LogP contribution is -2.06. The summed E-state index contributed by atoms with van der Waals surface area (Å²) in [4.78, 5) is 24.1. The fraction of sp³-hybridized carbons (Fsp3) is 0.125. The van der Waals surface area contributed by atoms with E-state index >= 15 is 0 Å². The number of esters is 1. The van der Waals surface area contributed by atoms with Crippen LogP contribution in [0.1, 0.15) is 17.3 Å². The van der Waals surface area contributed by atoms with Crippen LogP contribution in [-0.4, -0.2) is 12.6 Å². The summed E-state index contributed by atoms with van der Waals surface area (Å²) in [5, 5.41) is 1.36. The van der Waals surface area contributed by atoms with Crippen LogP contribution in [0, 0.1) is 0 Å². The van der Waals surface area contributed by atoms with E-state index in [9.17, 15) is 9.59 Å². The molecule has 0 amide bonds. The van der Waals surface area contributed by atoms with Crippen molar-refractivity contribution in [1.29, 1.82) is 0 Å². The van der Waals surface area contributed by atoms with Crippen molar-refractivity contribution in [1.82, 2.24) is 0 Å². The third-order valence-electron chi connectivity index (χ3n) is 3.09. The molecule has 0 radical (unpaired) electrons. The van der Waals surface area contributed by atoms with Crippen molar-refractivity contribution in [2.45, 2.75) is 6.92 Å². The lowest BCUT2D eigenvalue weighted by molar-refractivity contribution is 0.0526. The van der Waals surface area contributed by atoms with Crippen molar-refractivity contribution < 1.29 is 9.53 Å². The Bertz CT molecular complexity index is 864. The molecule has 3 aromatic rings. The van der Waals surface area contributed by atoms with Gasteiger partial charge in [-0.1, -0.05) is 12.1 Å². The lowest BCUT2D eigenvalue weighted by Gasteiger charge is -2.04. The van der Waals surface area contributed by atoms with Gasteiger partial charge in [0.2, 0.25) is 0 Å². The average Bonchev–Trinajstić information content (AvgIpc) is 2.47. The van der Waals surface area contributed by atoms with Crippen LogP contribution in [0.3, 0.4) is 0 Å². The van der Waals surface area contributed by atoms with Gasteiger partial charge >= 0.3 is 5.97 Å². The topological polar surface area (TPSA) is 43.4 Å². The Kier molecular flexibility index (Phi) is 3.24. The first-order chi connectivity index (χ1) is 9.70. The molecule has 1 heterocycles. The Labute approximate surface area is 119 Å². The van der Waals surface area contributed by atoms with Crippen LogP contribution in [-0.2, 0) is 4.74 Å². The highest BCUT2D eigenvalue weighted by molar-refractivity contribution is 7.24. The predicted octanol–water partition coefficient (Wildman–Crippen LogP) is 3.59. The summed E-state index contributed by atoms with van der Waals surface area (Å²) in [5.74, 6) is -0.359. The van der Waals surface area contributed by atoms with Crippen molar-refractivity contribution in [2.75, 3.05) is 6.61 Å². The molecule has 0 saturated heterocycles. The van der Waals surface area contributed by atoms with Crippen molar-refractivity contribution >= 4 is 37.5 Å². The summed E-state index contributed by atoms with van der Waals surface area (Å²) < 4.78 is 6.71. The van der Waals surface area contributed by atoms with Gasteiger partial charge in [0.15, 0.2) is 5.43 Å². The van der Waals surface area contributed by atoms with Gasteiger partial charge in [0.05, 0.1) is 12.2 Å². The van der Waals surface area contributed by atoms with E-state index in [1.165, 1.54) is 11.3 Å². The minimum absolute atomic E-state index is 0.00441. The van der Waals surface area contributed by atoms with Crippen LogP contribution in [0.4, 0.5) is 0 Å². The number of hydrogen-bond donors (Lipinski definition) is 0. The molecule has 0 saturated carbocycles. The maximum atomic E-state index is 12.4. The van der Waals surface area contributed by atoms with E-state index in [0.29, 0.717) is 22.9 Å². The zero-order valence-corrected chi connectivity index (χ0v) is 11.7. The number of ether oxygens (including phenoxy) is 1. The fourth-order valence-corrected chi connectivity index (χ4v) is 3.25. The molecule has 100 valence electrons. The summed E-state index contributed by atoms with van der Waals surface area (Å²) in [6, 6.07) is 12.6. The predicted molar refractivity (Wildman–Crippen MR) is 81.6 cm³/mol. The quantitative estimate of drug-likeness (QED) is 0.533. The van der Waals surface area contributed by atoms with Crippen LogP contribution in [0.5, 0.6) is 0 Å². The van der Waals surface area contributed by atoms with Gasteiger partial charge in [0, 0.05) is 20.2 Å². The zero-order chi connectivity index (χ0) is 14.1. The van der Waals surface area contributed by atoms with Crippen LogP contribution >= 0.6 is 11.3 Å². The number of rotatable bonds is 2. The maximum Gasteiger partial charge on any atom is 0.338 e. The van der Waals surface area contributed by atoms with Crippen LogP contribution in [0.15, 0.2) is 47.3 Å². The highest BCUT2D eigenvalue weighted by Gasteiger charge is 2.10. The molecule has 20 heavy (non-hydrogen) atoms. The van der Waals surface area contributed by atoms with E-state index in [2.05, 4.69) is 0 Å². The van der Waals surface area contributed by atoms with E-state index in [1.807, 2.05) is 24.3 Å². The first-order valence-corrected chi connectivity index (χ1v) is 7.15. The first kappa shape index (κ1) is 12.8. The van der Waals surface area contributed by atoms with Crippen molar-refractivity contribution in [2.24, 2.45) is 0 Å². The Morgan fingerprint density at radius 1 is 1.10 bits per heavy atom. The molecule has 1 aromatic heterocycles. The molecular formula is C16H12O3S. The number of carbonyl (C=O) groups is 1. The summed E-state index contributed by atoms with van der Waals surface area (Å²) in [6.07, 6.45) is 0. The second-order valence-electron chi connectivity index (χ2n) is 4.36. The molecule has 0 bridgehead atoms. The van der Waals surface area contributed by atoms with Crippen LogP contribution in [0.25, 0.3) is 20.2 Å². The fourth-order valence-electron chi connectivity index (χ4n) is 2.14. The molecule has 0 unspecified atom stereocenters. The summed E-state index contributed by atoms with van der Waals surface area (Å²) in [5.41, 5.74) is 0.482. The Hall–Kier alpha value is -2.20. The van der Waals surface area contributed by atoms with Gasteiger partial charge < -0.3 is 4.74 Å². The molecule has 2 aromatic carbocycles. The molecule has 0 atom stereocenters.